The number of Topliss-reactive ketones (excluding diaryl/α,β-unsaturated/α-hetero) is 3. The molecular weight excluding hydrogens is 1580 g/mol. The molecule has 0 saturated heterocycles. The zero-order chi connectivity index (χ0) is 89.4. The first-order valence-corrected chi connectivity index (χ1v) is 38.8. The summed E-state index contributed by atoms with van der Waals surface area (Å²) in [7, 11) is 4.86. The zero-order valence-corrected chi connectivity index (χ0v) is 70.0. The topological polar surface area (TPSA) is 527 Å². The predicted molar refractivity (Wildman–Crippen MR) is 425 cm³/mol. The molecule has 0 aliphatic carbocycles. The highest BCUT2D eigenvalue weighted by molar-refractivity contribution is 6.03. The van der Waals surface area contributed by atoms with Gasteiger partial charge in [-0.2, -0.15) is 0 Å². The molecule has 6 amide bonds. The number of hydrogen-bond acceptors (Lipinski definition) is 33. The van der Waals surface area contributed by atoms with E-state index in [9.17, 15) is 87.2 Å². The number of nitrogens with one attached hydrogen (secondary N) is 6. The number of carbonyl (C=O) groups excluding carboxylic acids is 15. The molecule has 0 aromatic heterocycles. The van der Waals surface area contributed by atoms with E-state index in [-0.39, 0.29) is 98.7 Å². The highest BCUT2D eigenvalue weighted by Gasteiger charge is 2.28. The van der Waals surface area contributed by atoms with Crippen LogP contribution in [0.1, 0.15) is 150 Å². The number of methoxy groups -OCH3 is 3. The second-order valence-corrected chi connectivity index (χ2v) is 27.2. The maximum Gasteiger partial charge on any atom is 0.315 e. The van der Waals surface area contributed by atoms with Gasteiger partial charge in [0.25, 0.3) is 0 Å². The van der Waals surface area contributed by atoms with Gasteiger partial charge in [0.2, 0.25) is 35.4 Å². The first kappa shape index (κ1) is 107. The van der Waals surface area contributed by atoms with Crippen LogP contribution in [-0.2, 0) is 114 Å². The number of ketones is 3. The number of carbonyl (C=O) groups is 15. The van der Waals surface area contributed by atoms with E-state index >= 15 is 0 Å². The number of aliphatic hydroxyl groups is 3. The minimum Gasteiger partial charge on any atom is -0.490 e. The SMILES string of the molecule is CC(C)(O)C(=O)c1ccc(OCCOC(=O)CC(=O)NCCNC(=O)CC(=O)OCCOc2ccc(C(=O)C(C)(C)O)cc2)cc1.COCCCOCCCOC(=O)CC(=O)NCCNC(=O)CC(=O)OCCCOCCCOC.COCCCOCCCOC(=O)CC(=O)NCCNC(=O)CC(=O)OCCOc1ccc(C(=O)C(C)(C)O)cc1. The van der Waals surface area contributed by atoms with Crippen LogP contribution in [0.2, 0.25) is 0 Å². The Kier molecular flexibility index (Phi) is 57.5. The Morgan fingerprint density at radius 3 is 0.600 bits per heavy atom. The monoisotopic (exact) mass is 1700 g/mol. The van der Waals surface area contributed by atoms with E-state index in [1.54, 1.807) is 57.7 Å². The Labute approximate surface area is 697 Å². The van der Waals surface area contributed by atoms with Crippen molar-refractivity contribution in [2.75, 3.05) is 180 Å². The quantitative estimate of drug-likeness (QED) is 0.0128. The summed E-state index contributed by atoms with van der Waals surface area (Å²) in [5.74, 6) is -7.64. The Balaban J connectivity index is 0.000000911. The predicted octanol–water partition coefficient (Wildman–Crippen LogP) is 1.68. The third-order valence-electron chi connectivity index (χ3n) is 15.0. The summed E-state index contributed by atoms with van der Waals surface area (Å²) in [6.45, 7) is 13.9. The molecule has 0 unspecified atom stereocenters. The van der Waals surface area contributed by atoms with E-state index in [2.05, 4.69) is 31.9 Å². The minimum absolute atomic E-state index is 0.00937. The van der Waals surface area contributed by atoms with Crippen molar-refractivity contribution in [2.24, 2.45) is 0 Å². The van der Waals surface area contributed by atoms with Crippen LogP contribution in [0.15, 0.2) is 72.8 Å². The van der Waals surface area contributed by atoms with E-state index in [0.717, 1.165) is 19.3 Å². The van der Waals surface area contributed by atoms with Crippen molar-refractivity contribution >= 4 is 88.6 Å². The van der Waals surface area contributed by atoms with E-state index < -0.39 is 144 Å². The lowest BCUT2D eigenvalue weighted by Gasteiger charge is -2.15. The lowest BCUT2D eigenvalue weighted by Crippen LogP contribution is -2.36. The van der Waals surface area contributed by atoms with Gasteiger partial charge in [-0.15, -0.1) is 0 Å². The summed E-state index contributed by atoms with van der Waals surface area (Å²) in [4.78, 5) is 177. The van der Waals surface area contributed by atoms with Crippen LogP contribution >= 0.6 is 0 Å². The molecule has 0 aliphatic rings. The molecule has 672 valence electrons. The van der Waals surface area contributed by atoms with Crippen LogP contribution in [0.25, 0.3) is 0 Å². The molecule has 39 nitrogen and oxygen atoms in total. The molecule has 0 fully saturated rings. The molecule has 0 bridgehead atoms. The zero-order valence-electron chi connectivity index (χ0n) is 70.0. The molecular formula is C81H120N6O33. The van der Waals surface area contributed by atoms with Gasteiger partial charge in [-0.1, -0.05) is 0 Å². The maximum atomic E-state index is 12.0. The van der Waals surface area contributed by atoms with Crippen molar-refractivity contribution in [2.45, 2.75) is 135 Å². The molecule has 0 atom stereocenters. The van der Waals surface area contributed by atoms with E-state index in [4.69, 9.17) is 71.1 Å². The Bertz CT molecular complexity index is 3400. The fraction of sp³-hybridized carbons (Fsp3) is 0.593. The van der Waals surface area contributed by atoms with Gasteiger partial charge >= 0.3 is 35.8 Å². The molecule has 9 N–H and O–H groups in total. The van der Waals surface area contributed by atoms with Crippen LogP contribution in [0.4, 0.5) is 0 Å². The lowest BCUT2D eigenvalue weighted by molar-refractivity contribution is -0.148. The molecule has 3 aromatic rings. The van der Waals surface area contributed by atoms with Crippen LogP contribution in [-0.4, -0.2) is 300 Å². The van der Waals surface area contributed by atoms with Gasteiger partial charge in [0.05, 0.1) is 19.8 Å². The van der Waals surface area contributed by atoms with Crippen molar-refractivity contribution in [3.05, 3.63) is 89.5 Å². The lowest BCUT2D eigenvalue weighted by atomic mass is 9.97. The highest BCUT2D eigenvalue weighted by atomic mass is 16.6. The molecule has 0 spiro atoms. The van der Waals surface area contributed by atoms with Gasteiger partial charge in [0, 0.05) is 156 Å². The summed E-state index contributed by atoms with van der Waals surface area (Å²) in [6, 6.07) is 18.4. The van der Waals surface area contributed by atoms with Gasteiger partial charge in [0.1, 0.15) is 112 Å². The van der Waals surface area contributed by atoms with Gasteiger partial charge in [-0.3, -0.25) is 71.9 Å². The molecule has 0 saturated carbocycles. The molecule has 3 rings (SSSR count). The highest BCUT2D eigenvalue weighted by Crippen LogP contribution is 2.20. The Morgan fingerprint density at radius 1 is 0.250 bits per heavy atom. The standard InChI is InChI=1S/C32H40N2O12.C27H40N2O11.C22H40N2O10/c1-31(2,41)29(39)21-5-9-23(10-6-21)43-15-17-45-27(37)19-25(35)33-13-14-34-26(36)20-28(38)46-18-16-44-24-11-7-22(8-12-24)30(40)32(3,4)42;1-27(2,35)26(34)20-6-8-21(9-7-20)38-16-17-40-25(33)19-23(31)29-11-10-28-22(30)18-24(32)39-15-5-14-37-13-4-12-36-3;1-29-9-3-11-31-13-5-15-33-21(27)17-19(25)23-7-8-24-20(26)18-22(28)34-16-6-14-32-12-4-10-30-2/h5-12,41-42H,13-20H2,1-4H3,(H,33,35)(H,34,36);6-9,35H,4-5,10-19H2,1-3H3,(H,28,30)(H,29,31);3-18H2,1-2H3,(H,23,25)(H,24,26). The Morgan fingerprint density at radius 2 is 0.425 bits per heavy atom. The molecule has 3 aromatic carbocycles. The van der Waals surface area contributed by atoms with Gasteiger partial charge in [0.15, 0.2) is 17.3 Å². The van der Waals surface area contributed by atoms with Crippen molar-refractivity contribution in [1.29, 1.82) is 0 Å². The second kappa shape index (κ2) is 64.3. The number of rotatable bonds is 63. The summed E-state index contributed by atoms with van der Waals surface area (Å²) in [5.41, 5.74) is -3.49. The smallest absolute Gasteiger partial charge is 0.315 e. The van der Waals surface area contributed by atoms with E-state index in [0.29, 0.717) is 113 Å². The van der Waals surface area contributed by atoms with E-state index in [1.165, 1.54) is 77.9 Å². The van der Waals surface area contributed by atoms with Crippen LogP contribution < -0.4 is 46.1 Å². The van der Waals surface area contributed by atoms with Gasteiger partial charge in [-0.25, -0.2) is 0 Å². The molecule has 0 radical (unpaired) electrons. The number of amides is 6. The third-order valence-corrected chi connectivity index (χ3v) is 15.0. The second-order valence-electron chi connectivity index (χ2n) is 27.2. The largest absolute Gasteiger partial charge is 0.490 e. The Hall–Kier alpha value is -10.7. The summed E-state index contributed by atoms with van der Waals surface area (Å²) >= 11 is 0. The van der Waals surface area contributed by atoms with Crippen molar-refractivity contribution in [1.82, 2.24) is 31.9 Å². The molecule has 39 heteroatoms. The molecule has 120 heavy (non-hydrogen) atoms. The normalized spacial score (nSPS) is 10.9. The first-order chi connectivity index (χ1) is 57.1. The number of ether oxygens (including phenoxy) is 15. The fourth-order valence-electron chi connectivity index (χ4n) is 9.05. The van der Waals surface area contributed by atoms with Crippen molar-refractivity contribution < 1.29 is 158 Å². The molecule has 0 heterocycles. The summed E-state index contributed by atoms with van der Waals surface area (Å²) in [6.07, 6.45) is 1.11. The average Bonchev–Trinajstić information content (AvgIpc) is 0.859. The first-order valence-electron chi connectivity index (χ1n) is 38.8. The number of benzene rings is 3. The van der Waals surface area contributed by atoms with Crippen molar-refractivity contribution in [3.8, 4) is 17.2 Å². The van der Waals surface area contributed by atoms with Gasteiger partial charge < -0.3 is 118 Å². The van der Waals surface area contributed by atoms with Crippen LogP contribution in [0.3, 0.4) is 0 Å². The number of hydrogen-bond donors (Lipinski definition) is 9. The van der Waals surface area contributed by atoms with Gasteiger partial charge in [-0.05, 0) is 134 Å². The maximum absolute atomic E-state index is 12.0. The third kappa shape index (κ3) is 57.5. The average molecular weight is 1710 g/mol. The molecule has 0 aliphatic heterocycles. The fourth-order valence-corrected chi connectivity index (χ4v) is 9.05. The summed E-state index contributed by atoms with van der Waals surface area (Å²) in [5, 5.41) is 44.1. The van der Waals surface area contributed by atoms with Crippen molar-refractivity contribution in [3.63, 3.8) is 0 Å². The van der Waals surface area contributed by atoms with E-state index in [1.807, 2.05) is 0 Å². The van der Waals surface area contributed by atoms with Crippen LogP contribution in [0, 0.1) is 0 Å². The number of esters is 6. The van der Waals surface area contributed by atoms with Crippen LogP contribution in [0.5, 0.6) is 17.2 Å². The summed E-state index contributed by atoms with van der Waals surface area (Å²) < 4.78 is 76.7. The minimum atomic E-state index is -1.49.